The van der Waals surface area contributed by atoms with Crippen LogP contribution in [0.2, 0.25) is 0 Å². The van der Waals surface area contributed by atoms with Crippen molar-refractivity contribution in [2.24, 2.45) is 5.73 Å². The minimum atomic E-state index is 0.141. The van der Waals surface area contributed by atoms with Crippen LogP contribution < -0.4 is 16.2 Å². The first-order chi connectivity index (χ1) is 6.63. The minimum Gasteiger partial charge on any atom is -0.481 e. The maximum atomic E-state index is 5.72. The first-order valence-electron chi connectivity index (χ1n) is 4.51. The lowest BCUT2D eigenvalue weighted by Crippen LogP contribution is -2.17. The number of thiol groups is 1. The van der Waals surface area contributed by atoms with Gasteiger partial charge in [0.25, 0.3) is 0 Å². The Bertz CT molecular complexity index is 302. The summed E-state index contributed by atoms with van der Waals surface area (Å²) in [6.45, 7) is 1.97. The smallest absolute Gasteiger partial charge is 0.143 e. The van der Waals surface area contributed by atoms with Gasteiger partial charge in [-0.25, -0.2) is 0 Å². The van der Waals surface area contributed by atoms with Crippen LogP contribution in [-0.4, -0.2) is 12.0 Å². The highest BCUT2D eigenvalue weighted by atomic mass is 32.1. The summed E-state index contributed by atoms with van der Waals surface area (Å²) in [7, 11) is 0. The van der Waals surface area contributed by atoms with E-state index in [9.17, 15) is 0 Å². The summed E-state index contributed by atoms with van der Waals surface area (Å²) in [6, 6.07) is 5.85. The lowest BCUT2D eigenvalue weighted by molar-refractivity contribution is 0.396. The van der Waals surface area contributed by atoms with Crippen LogP contribution in [0, 0.1) is 0 Å². The van der Waals surface area contributed by atoms with Gasteiger partial charge >= 0.3 is 0 Å². The molecule has 0 saturated carbocycles. The second-order valence-corrected chi connectivity index (χ2v) is 3.59. The largest absolute Gasteiger partial charge is 0.481 e. The van der Waals surface area contributed by atoms with Crippen LogP contribution in [0.15, 0.2) is 18.2 Å². The van der Waals surface area contributed by atoms with E-state index in [2.05, 4.69) is 12.6 Å². The molecular formula is C10H16N2OS. The van der Waals surface area contributed by atoms with E-state index in [-0.39, 0.29) is 6.04 Å². The fourth-order valence-corrected chi connectivity index (χ4v) is 1.41. The highest BCUT2D eigenvalue weighted by Gasteiger charge is 2.03. The van der Waals surface area contributed by atoms with Crippen LogP contribution in [-0.2, 0) is 6.42 Å². The van der Waals surface area contributed by atoms with Gasteiger partial charge in [-0.05, 0) is 31.0 Å². The Morgan fingerprint density at radius 2 is 2.21 bits per heavy atom. The monoisotopic (exact) mass is 212 g/mol. The highest BCUT2D eigenvalue weighted by molar-refractivity contribution is 7.80. The molecule has 0 unspecified atom stereocenters. The number of nitrogens with two attached hydrogens (primary N) is 2. The molecule has 0 bridgehead atoms. The number of benzene rings is 1. The van der Waals surface area contributed by atoms with Crippen molar-refractivity contribution in [3.63, 3.8) is 0 Å². The summed E-state index contributed by atoms with van der Waals surface area (Å²) in [6.07, 6.45) is 0.823. The fraction of sp³-hybridized carbons (Fsp3) is 0.400. The molecule has 0 radical (unpaired) electrons. The predicted molar refractivity (Wildman–Crippen MR) is 62.7 cm³/mol. The van der Waals surface area contributed by atoms with E-state index in [1.807, 2.05) is 25.1 Å². The Labute approximate surface area is 89.8 Å². The van der Waals surface area contributed by atoms with Crippen molar-refractivity contribution in [2.75, 3.05) is 11.7 Å². The highest BCUT2D eigenvalue weighted by Crippen LogP contribution is 2.23. The summed E-state index contributed by atoms with van der Waals surface area (Å²) in [5.74, 6) is 1.00. The molecule has 0 aromatic heterocycles. The molecule has 1 aromatic carbocycles. The van der Waals surface area contributed by atoms with Gasteiger partial charge in [-0.1, -0.05) is 6.07 Å². The molecule has 14 heavy (non-hydrogen) atoms. The molecule has 0 heterocycles. The summed E-state index contributed by atoms with van der Waals surface area (Å²) in [5.41, 5.74) is 13.2. The summed E-state index contributed by atoms with van der Waals surface area (Å²) in [4.78, 5) is 0. The van der Waals surface area contributed by atoms with Gasteiger partial charge in [0.1, 0.15) is 11.7 Å². The van der Waals surface area contributed by atoms with E-state index in [0.29, 0.717) is 17.4 Å². The molecule has 0 fully saturated rings. The SMILES string of the molecule is C[C@@H](N)Cc1ccc(N)c(OCS)c1. The molecule has 3 nitrogen and oxygen atoms in total. The standard InChI is InChI=1S/C10H16N2OS/c1-7(11)4-8-2-3-9(12)10(5-8)13-6-14/h2-3,5,7,14H,4,6,11-12H2,1H3/t7-/m1/s1. The summed E-state index contributed by atoms with van der Waals surface area (Å²) in [5, 5.41) is 0. The van der Waals surface area contributed by atoms with Crippen molar-refractivity contribution in [1.29, 1.82) is 0 Å². The minimum absolute atomic E-state index is 0.141. The number of hydrogen-bond acceptors (Lipinski definition) is 4. The Hall–Kier alpha value is -0.870. The Balaban J connectivity index is 2.83. The van der Waals surface area contributed by atoms with E-state index in [0.717, 1.165) is 12.0 Å². The van der Waals surface area contributed by atoms with Crippen LogP contribution in [0.3, 0.4) is 0 Å². The molecule has 0 spiro atoms. The molecule has 0 aliphatic carbocycles. The molecule has 78 valence electrons. The quantitative estimate of drug-likeness (QED) is 0.402. The molecule has 0 saturated heterocycles. The van der Waals surface area contributed by atoms with Crippen molar-refractivity contribution in [3.8, 4) is 5.75 Å². The topological polar surface area (TPSA) is 61.3 Å². The lowest BCUT2D eigenvalue weighted by atomic mass is 10.1. The molecule has 1 rings (SSSR count). The van der Waals surface area contributed by atoms with Crippen LogP contribution in [0.4, 0.5) is 5.69 Å². The van der Waals surface area contributed by atoms with Crippen LogP contribution >= 0.6 is 12.6 Å². The van der Waals surface area contributed by atoms with Crippen molar-refractivity contribution in [3.05, 3.63) is 23.8 Å². The van der Waals surface area contributed by atoms with Gasteiger partial charge in [0.2, 0.25) is 0 Å². The van der Waals surface area contributed by atoms with Gasteiger partial charge in [0.05, 0.1) is 5.69 Å². The summed E-state index contributed by atoms with van der Waals surface area (Å²) >= 11 is 3.98. The zero-order valence-electron chi connectivity index (χ0n) is 8.23. The third-order valence-electron chi connectivity index (χ3n) is 1.86. The number of rotatable bonds is 4. The van der Waals surface area contributed by atoms with E-state index < -0.39 is 0 Å². The number of ether oxygens (including phenoxy) is 1. The zero-order valence-corrected chi connectivity index (χ0v) is 9.13. The third kappa shape index (κ3) is 3.12. The fourth-order valence-electron chi connectivity index (χ4n) is 1.27. The third-order valence-corrected chi connectivity index (χ3v) is 1.98. The van der Waals surface area contributed by atoms with Gasteiger partial charge in [-0.2, -0.15) is 0 Å². The van der Waals surface area contributed by atoms with Gasteiger partial charge < -0.3 is 16.2 Å². The summed E-state index contributed by atoms with van der Waals surface area (Å²) < 4.78 is 5.26. The molecule has 4 heteroatoms. The van der Waals surface area contributed by atoms with Gasteiger partial charge in [-0.15, -0.1) is 12.6 Å². The van der Waals surface area contributed by atoms with E-state index >= 15 is 0 Å². The molecule has 0 aliphatic rings. The average molecular weight is 212 g/mol. The Morgan fingerprint density at radius 1 is 1.50 bits per heavy atom. The zero-order chi connectivity index (χ0) is 10.6. The maximum absolute atomic E-state index is 5.72. The Morgan fingerprint density at radius 3 is 2.79 bits per heavy atom. The average Bonchev–Trinajstić information content (AvgIpc) is 2.10. The predicted octanol–water partition coefficient (Wildman–Crippen LogP) is 1.42. The van der Waals surface area contributed by atoms with E-state index in [4.69, 9.17) is 16.2 Å². The number of anilines is 1. The first kappa shape index (κ1) is 11.2. The molecule has 0 aliphatic heterocycles. The Kier molecular flexibility index (Phi) is 4.10. The number of nitrogen functional groups attached to an aromatic ring is 1. The molecule has 4 N–H and O–H groups in total. The first-order valence-corrected chi connectivity index (χ1v) is 5.14. The maximum Gasteiger partial charge on any atom is 0.143 e. The normalized spacial score (nSPS) is 12.5. The van der Waals surface area contributed by atoms with Crippen LogP contribution in [0.25, 0.3) is 0 Å². The van der Waals surface area contributed by atoms with Crippen LogP contribution in [0.1, 0.15) is 12.5 Å². The van der Waals surface area contributed by atoms with E-state index in [1.54, 1.807) is 0 Å². The number of hydrogen-bond donors (Lipinski definition) is 3. The molecule has 1 aromatic rings. The molecule has 0 amide bonds. The van der Waals surface area contributed by atoms with E-state index in [1.165, 1.54) is 0 Å². The van der Waals surface area contributed by atoms with Gasteiger partial charge in [0.15, 0.2) is 0 Å². The van der Waals surface area contributed by atoms with Crippen molar-refractivity contribution in [2.45, 2.75) is 19.4 Å². The second kappa shape index (κ2) is 5.12. The van der Waals surface area contributed by atoms with Crippen LogP contribution in [0.5, 0.6) is 5.75 Å². The van der Waals surface area contributed by atoms with Gasteiger partial charge in [-0.3, -0.25) is 0 Å². The lowest BCUT2D eigenvalue weighted by Gasteiger charge is -2.10. The van der Waals surface area contributed by atoms with Crippen molar-refractivity contribution < 1.29 is 4.74 Å². The van der Waals surface area contributed by atoms with Crippen molar-refractivity contribution >= 4 is 18.3 Å². The molecular weight excluding hydrogens is 196 g/mol. The molecule has 1 atom stereocenters. The van der Waals surface area contributed by atoms with Crippen molar-refractivity contribution in [1.82, 2.24) is 0 Å². The van der Waals surface area contributed by atoms with Gasteiger partial charge in [0, 0.05) is 6.04 Å². The second-order valence-electron chi connectivity index (χ2n) is 3.33.